The molecular weight excluding hydrogens is 450 g/mol. The molecule has 2 amide bonds. The first-order chi connectivity index (χ1) is 14.2. The quantitative estimate of drug-likeness (QED) is 0.311. The molecule has 0 fully saturated rings. The number of halogens is 1. The SMILES string of the molecule is CCN1C(=O)c2cccc3c(Nc4cc(C)c(C)cc4Br)c([N+](=O)[O-])cc(c23)C1=O. The molecule has 1 N–H and O–H groups in total. The van der Waals surface area contributed by atoms with E-state index in [0.717, 1.165) is 20.5 Å². The molecule has 0 radical (unpaired) electrons. The van der Waals surface area contributed by atoms with Gasteiger partial charge in [0.15, 0.2) is 0 Å². The Balaban J connectivity index is 2.03. The van der Waals surface area contributed by atoms with Gasteiger partial charge in [-0.1, -0.05) is 12.1 Å². The fourth-order valence-corrected chi connectivity index (χ4v) is 4.33. The Morgan fingerprint density at radius 1 is 1.07 bits per heavy atom. The molecule has 30 heavy (non-hydrogen) atoms. The van der Waals surface area contributed by atoms with Crippen molar-refractivity contribution < 1.29 is 14.5 Å². The normalized spacial score (nSPS) is 13.1. The third-order valence-electron chi connectivity index (χ3n) is 5.45. The summed E-state index contributed by atoms with van der Waals surface area (Å²) in [5.74, 6) is -0.916. The number of carbonyl (C=O) groups excluding carboxylic acids is 2. The third-order valence-corrected chi connectivity index (χ3v) is 6.10. The number of benzene rings is 3. The zero-order chi connectivity index (χ0) is 21.7. The zero-order valence-corrected chi connectivity index (χ0v) is 18.2. The van der Waals surface area contributed by atoms with E-state index < -0.39 is 16.7 Å². The van der Waals surface area contributed by atoms with Crippen LogP contribution in [0.2, 0.25) is 0 Å². The minimum atomic E-state index is -0.520. The van der Waals surface area contributed by atoms with E-state index in [1.807, 2.05) is 26.0 Å². The number of hydrogen-bond donors (Lipinski definition) is 1. The number of hydrogen-bond acceptors (Lipinski definition) is 5. The van der Waals surface area contributed by atoms with Crippen molar-refractivity contribution in [3.8, 4) is 0 Å². The molecule has 0 unspecified atom stereocenters. The number of amides is 2. The minimum Gasteiger partial charge on any atom is -0.348 e. The Labute approximate surface area is 181 Å². The average molecular weight is 468 g/mol. The van der Waals surface area contributed by atoms with Gasteiger partial charge in [0.2, 0.25) is 0 Å². The van der Waals surface area contributed by atoms with E-state index in [0.29, 0.717) is 22.0 Å². The molecular formula is C22H18BrN3O4. The van der Waals surface area contributed by atoms with Crippen LogP contribution in [0, 0.1) is 24.0 Å². The second-order valence-electron chi connectivity index (χ2n) is 7.20. The van der Waals surface area contributed by atoms with Crippen LogP contribution >= 0.6 is 15.9 Å². The van der Waals surface area contributed by atoms with Crippen molar-refractivity contribution in [1.82, 2.24) is 4.90 Å². The summed E-state index contributed by atoms with van der Waals surface area (Å²) < 4.78 is 0.754. The Morgan fingerprint density at radius 2 is 1.73 bits per heavy atom. The van der Waals surface area contributed by atoms with Gasteiger partial charge in [-0.25, -0.2) is 0 Å². The lowest BCUT2D eigenvalue weighted by Gasteiger charge is -2.27. The number of nitro groups is 1. The Bertz CT molecular complexity index is 1270. The molecule has 4 rings (SSSR count). The van der Waals surface area contributed by atoms with Gasteiger partial charge in [-0.05, 0) is 66.0 Å². The standard InChI is InChI=1S/C22H18BrN3O4/c1-4-25-21(27)14-7-5-6-13-19(14)15(22(25)28)10-18(26(29)30)20(13)24-17-9-12(3)11(2)8-16(17)23/h5-10,24H,4H2,1-3H3. The van der Waals surface area contributed by atoms with Crippen LogP contribution in [-0.2, 0) is 0 Å². The lowest BCUT2D eigenvalue weighted by molar-refractivity contribution is -0.383. The topological polar surface area (TPSA) is 92.6 Å². The number of nitrogens with one attached hydrogen (secondary N) is 1. The number of anilines is 2. The Hall–Kier alpha value is -3.26. The Morgan fingerprint density at radius 3 is 2.40 bits per heavy atom. The monoisotopic (exact) mass is 467 g/mol. The van der Waals surface area contributed by atoms with Gasteiger partial charge in [-0.2, -0.15) is 0 Å². The largest absolute Gasteiger partial charge is 0.348 e. The molecule has 0 aromatic heterocycles. The van der Waals surface area contributed by atoms with Gasteiger partial charge in [0.05, 0.1) is 16.2 Å². The van der Waals surface area contributed by atoms with E-state index in [1.54, 1.807) is 25.1 Å². The highest BCUT2D eigenvalue weighted by molar-refractivity contribution is 9.10. The van der Waals surface area contributed by atoms with Gasteiger partial charge in [0, 0.05) is 33.4 Å². The van der Waals surface area contributed by atoms with Crippen molar-refractivity contribution in [3.05, 3.63) is 73.2 Å². The highest BCUT2D eigenvalue weighted by Gasteiger charge is 2.35. The van der Waals surface area contributed by atoms with E-state index in [4.69, 9.17) is 0 Å². The zero-order valence-electron chi connectivity index (χ0n) is 16.6. The molecule has 8 heteroatoms. The lowest BCUT2D eigenvalue weighted by Crippen LogP contribution is -2.40. The van der Waals surface area contributed by atoms with Crippen LogP contribution in [0.25, 0.3) is 10.8 Å². The van der Waals surface area contributed by atoms with E-state index in [-0.39, 0.29) is 23.5 Å². The van der Waals surface area contributed by atoms with E-state index >= 15 is 0 Å². The van der Waals surface area contributed by atoms with Crippen LogP contribution in [0.15, 0.2) is 40.9 Å². The van der Waals surface area contributed by atoms with Crippen molar-refractivity contribution in [2.24, 2.45) is 0 Å². The van der Waals surface area contributed by atoms with Gasteiger partial charge < -0.3 is 5.32 Å². The number of nitrogens with zero attached hydrogens (tertiary/aromatic N) is 2. The van der Waals surface area contributed by atoms with E-state index in [2.05, 4.69) is 21.2 Å². The second kappa shape index (κ2) is 7.21. The van der Waals surface area contributed by atoms with Crippen molar-refractivity contribution >= 4 is 55.6 Å². The number of carbonyl (C=O) groups is 2. The molecule has 0 aliphatic carbocycles. The number of imide groups is 1. The molecule has 152 valence electrons. The summed E-state index contributed by atoms with van der Waals surface area (Å²) in [5, 5.41) is 16.0. The molecule has 0 bridgehead atoms. The summed E-state index contributed by atoms with van der Waals surface area (Å²) in [4.78, 5) is 38.2. The molecule has 0 spiro atoms. The first-order valence-electron chi connectivity index (χ1n) is 9.38. The molecule has 1 aliphatic rings. The first-order valence-corrected chi connectivity index (χ1v) is 10.2. The van der Waals surface area contributed by atoms with Crippen LogP contribution in [0.5, 0.6) is 0 Å². The van der Waals surface area contributed by atoms with Crippen molar-refractivity contribution in [3.63, 3.8) is 0 Å². The predicted molar refractivity (Wildman–Crippen MR) is 119 cm³/mol. The van der Waals surface area contributed by atoms with Crippen LogP contribution in [-0.4, -0.2) is 28.2 Å². The number of rotatable bonds is 4. The lowest BCUT2D eigenvalue weighted by atomic mass is 9.92. The van der Waals surface area contributed by atoms with Crippen LogP contribution in [0.1, 0.15) is 38.8 Å². The van der Waals surface area contributed by atoms with Gasteiger partial charge in [-0.15, -0.1) is 0 Å². The average Bonchev–Trinajstić information content (AvgIpc) is 2.70. The molecule has 3 aromatic rings. The van der Waals surface area contributed by atoms with E-state index in [9.17, 15) is 19.7 Å². The first kappa shape index (κ1) is 20.0. The van der Waals surface area contributed by atoms with Crippen molar-refractivity contribution in [2.45, 2.75) is 20.8 Å². The van der Waals surface area contributed by atoms with Crippen molar-refractivity contribution in [2.75, 3.05) is 11.9 Å². The van der Waals surface area contributed by atoms with Gasteiger partial charge in [0.1, 0.15) is 5.69 Å². The molecule has 1 heterocycles. The molecule has 0 atom stereocenters. The minimum absolute atomic E-state index is 0.165. The summed E-state index contributed by atoms with van der Waals surface area (Å²) in [6.45, 7) is 5.82. The fraction of sp³-hybridized carbons (Fsp3) is 0.182. The second-order valence-corrected chi connectivity index (χ2v) is 8.05. The molecule has 7 nitrogen and oxygen atoms in total. The van der Waals surface area contributed by atoms with Crippen LogP contribution in [0.4, 0.5) is 17.1 Å². The summed E-state index contributed by atoms with van der Waals surface area (Å²) in [6, 6.07) is 10.1. The van der Waals surface area contributed by atoms with Crippen LogP contribution in [0.3, 0.4) is 0 Å². The molecule has 0 saturated heterocycles. The maximum absolute atomic E-state index is 12.9. The highest BCUT2D eigenvalue weighted by Crippen LogP contribution is 2.42. The summed E-state index contributed by atoms with van der Waals surface area (Å²) in [7, 11) is 0. The Kier molecular flexibility index (Phi) is 4.82. The predicted octanol–water partition coefficient (Wildman–Crippen LogP) is 5.49. The summed E-state index contributed by atoms with van der Waals surface area (Å²) >= 11 is 3.51. The van der Waals surface area contributed by atoms with Gasteiger partial charge >= 0.3 is 0 Å². The smallest absolute Gasteiger partial charge is 0.294 e. The maximum atomic E-state index is 12.9. The highest BCUT2D eigenvalue weighted by atomic mass is 79.9. The maximum Gasteiger partial charge on any atom is 0.294 e. The van der Waals surface area contributed by atoms with Crippen molar-refractivity contribution in [1.29, 1.82) is 0 Å². The molecule has 1 aliphatic heterocycles. The fourth-order valence-electron chi connectivity index (χ4n) is 3.77. The third kappa shape index (κ3) is 2.95. The molecule has 0 saturated carbocycles. The van der Waals surface area contributed by atoms with Gasteiger partial charge in [-0.3, -0.25) is 24.6 Å². The number of nitro benzene ring substituents is 1. The van der Waals surface area contributed by atoms with Gasteiger partial charge in [0.25, 0.3) is 17.5 Å². The molecule has 3 aromatic carbocycles. The van der Waals surface area contributed by atoms with E-state index in [1.165, 1.54) is 6.07 Å². The number of aryl methyl sites for hydroxylation is 2. The summed E-state index contributed by atoms with van der Waals surface area (Å²) in [5.41, 5.74) is 3.31. The van der Waals surface area contributed by atoms with Crippen LogP contribution < -0.4 is 5.32 Å². The summed E-state index contributed by atoms with van der Waals surface area (Å²) in [6.07, 6.45) is 0.